The third-order valence-corrected chi connectivity index (χ3v) is 14.9. The van der Waals surface area contributed by atoms with E-state index in [-0.39, 0.29) is 59.4 Å². The van der Waals surface area contributed by atoms with Gasteiger partial charge >= 0.3 is 5.97 Å². The molecule has 6 fully saturated rings. The first kappa shape index (κ1) is 40.6. The zero-order valence-corrected chi connectivity index (χ0v) is 30.9. The van der Waals surface area contributed by atoms with Crippen molar-refractivity contribution in [3.05, 3.63) is 0 Å². The minimum absolute atomic E-state index is 0.00377. The van der Waals surface area contributed by atoms with Gasteiger partial charge in [0.2, 0.25) is 0 Å². The maximum absolute atomic E-state index is 12.2. The number of hydrogen-bond acceptors (Lipinski definition) is 15. The number of esters is 1. The SMILES string of the molecule is COC(=O)CC[C@@H](C)[C@H]1CC[C@H]2[C@@H]3[C@H](O[C@@H]4O[C@@H](CO)[C@H](O)[C@@H](O)[C@@H]4O)C[C@@H]4C[C@@H](N)CC[C@]4(C)[C@H]3C[C@H](O[C@@H]3O[C@@H](CO)[C@H](O)[C@@H](O)[C@@H]3O)[C@]12C. The van der Waals surface area contributed by atoms with Gasteiger partial charge in [-0.2, -0.15) is 0 Å². The Kier molecular flexibility index (Phi) is 12.4. The molecule has 2 saturated heterocycles. The molecule has 21 atom stereocenters. The third kappa shape index (κ3) is 6.98. The third-order valence-electron chi connectivity index (χ3n) is 14.9. The van der Waals surface area contributed by atoms with Crippen LogP contribution in [0.5, 0.6) is 0 Å². The molecule has 15 heteroatoms. The molecule has 0 aromatic carbocycles. The molecule has 10 N–H and O–H groups in total. The second-order valence-electron chi connectivity index (χ2n) is 17.3. The molecule has 0 unspecified atom stereocenters. The molecular formula is C37H63NO14. The van der Waals surface area contributed by atoms with Gasteiger partial charge in [-0.1, -0.05) is 20.8 Å². The maximum Gasteiger partial charge on any atom is 0.305 e. The first-order valence-electron chi connectivity index (χ1n) is 19.3. The van der Waals surface area contributed by atoms with Crippen molar-refractivity contribution in [1.82, 2.24) is 0 Å². The van der Waals surface area contributed by atoms with Crippen LogP contribution in [-0.4, -0.2) is 147 Å². The molecule has 6 rings (SSSR count). The van der Waals surface area contributed by atoms with Gasteiger partial charge in [0.05, 0.1) is 32.5 Å². The van der Waals surface area contributed by atoms with Crippen LogP contribution in [0.1, 0.15) is 78.6 Å². The molecular weight excluding hydrogens is 682 g/mol. The molecule has 4 aliphatic carbocycles. The summed E-state index contributed by atoms with van der Waals surface area (Å²) in [5.74, 6) is -0.117. The standard InChI is InChI=1S/C37H63NO14/c1-16(5-8-26(41)48-4)19-6-7-20-27-21(13-25(37(19,20)3)52-35-33(47)31(45)29(43)24(15-40)51-35)36(2)10-9-18(38)11-17(36)12-22(27)49-34-32(46)30(44)28(42)23(14-39)50-34/h16-25,27-35,39-40,42-47H,5-15,38H2,1-4H3/t16-,17+,18+,19-,20+,21+,22-,23+,24+,25+,27+,28+,29+,30-,31-,32+,33+,34-,35+,36+,37-/m1/s1. The van der Waals surface area contributed by atoms with Crippen LogP contribution in [0.4, 0.5) is 0 Å². The summed E-state index contributed by atoms with van der Waals surface area (Å²) in [6.07, 6.45) is -9.05. The van der Waals surface area contributed by atoms with Gasteiger partial charge < -0.3 is 70.3 Å². The van der Waals surface area contributed by atoms with E-state index in [9.17, 15) is 45.6 Å². The van der Waals surface area contributed by atoms with Crippen LogP contribution >= 0.6 is 0 Å². The maximum atomic E-state index is 12.2. The summed E-state index contributed by atoms with van der Waals surface area (Å²) in [4.78, 5) is 12.2. The minimum Gasteiger partial charge on any atom is -0.469 e. The van der Waals surface area contributed by atoms with E-state index in [2.05, 4.69) is 20.8 Å². The topological polar surface area (TPSA) is 251 Å². The smallest absolute Gasteiger partial charge is 0.305 e. The Balaban J connectivity index is 1.39. The lowest BCUT2D eigenvalue weighted by atomic mass is 9.43. The van der Waals surface area contributed by atoms with Crippen molar-refractivity contribution in [3.8, 4) is 0 Å². The fraction of sp³-hybridized carbons (Fsp3) is 0.973. The molecule has 0 aromatic heterocycles. The first-order valence-corrected chi connectivity index (χ1v) is 19.3. The lowest BCUT2D eigenvalue weighted by Crippen LogP contribution is -2.66. The summed E-state index contributed by atoms with van der Waals surface area (Å²) >= 11 is 0. The predicted octanol–water partition coefficient (Wildman–Crippen LogP) is -0.848. The second kappa shape index (κ2) is 15.8. The average molecular weight is 746 g/mol. The quantitative estimate of drug-likeness (QED) is 0.0976. The number of methoxy groups -OCH3 is 1. The average Bonchev–Trinajstić information content (AvgIpc) is 3.49. The summed E-state index contributed by atoms with van der Waals surface area (Å²) in [5, 5.41) is 84.4. The van der Waals surface area contributed by atoms with Crippen LogP contribution in [0.15, 0.2) is 0 Å². The number of rotatable bonds is 10. The van der Waals surface area contributed by atoms with E-state index < -0.39 is 92.2 Å². The van der Waals surface area contributed by atoms with Gasteiger partial charge in [0.25, 0.3) is 0 Å². The minimum atomic E-state index is -1.60. The number of carbonyl (C=O) groups is 1. The normalized spacial score (nSPS) is 52.6. The van der Waals surface area contributed by atoms with Crippen LogP contribution < -0.4 is 5.73 Å². The van der Waals surface area contributed by atoms with E-state index in [1.165, 1.54) is 7.11 Å². The molecule has 0 radical (unpaired) electrons. The Hall–Kier alpha value is -1.05. The Morgan fingerprint density at radius 2 is 1.40 bits per heavy atom. The Morgan fingerprint density at radius 3 is 1.98 bits per heavy atom. The van der Waals surface area contributed by atoms with Gasteiger partial charge in [0, 0.05) is 17.9 Å². The highest BCUT2D eigenvalue weighted by Crippen LogP contribution is 2.69. The molecule has 52 heavy (non-hydrogen) atoms. The van der Waals surface area contributed by atoms with Crippen molar-refractivity contribution in [3.63, 3.8) is 0 Å². The van der Waals surface area contributed by atoms with Gasteiger partial charge in [0.1, 0.15) is 48.8 Å². The molecule has 4 saturated carbocycles. The summed E-state index contributed by atoms with van der Waals surface area (Å²) in [7, 11) is 1.37. The van der Waals surface area contributed by atoms with Gasteiger partial charge in [-0.25, -0.2) is 0 Å². The zero-order chi connectivity index (χ0) is 37.9. The molecule has 300 valence electrons. The van der Waals surface area contributed by atoms with Crippen molar-refractivity contribution in [2.75, 3.05) is 20.3 Å². The summed E-state index contributed by atoms with van der Waals surface area (Å²) < 4.78 is 30.3. The van der Waals surface area contributed by atoms with E-state index in [1.807, 2.05) is 0 Å². The van der Waals surface area contributed by atoms with Gasteiger partial charge in [0.15, 0.2) is 12.6 Å². The van der Waals surface area contributed by atoms with E-state index >= 15 is 0 Å². The van der Waals surface area contributed by atoms with Crippen molar-refractivity contribution in [2.45, 2.75) is 158 Å². The van der Waals surface area contributed by atoms with Gasteiger partial charge in [-0.05, 0) is 92.3 Å². The van der Waals surface area contributed by atoms with Crippen molar-refractivity contribution < 1.29 is 69.3 Å². The summed E-state index contributed by atoms with van der Waals surface area (Å²) in [5.41, 5.74) is 5.82. The lowest BCUT2D eigenvalue weighted by Gasteiger charge is -2.65. The van der Waals surface area contributed by atoms with Crippen LogP contribution in [-0.2, 0) is 28.5 Å². The van der Waals surface area contributed by atoms with Gasteiger partial charge in [-0.15, -0.1) is 0 Å². The van der Waals surface area contributed by atoms with Crippen LogP contribution in [0.2, 0.25) is 0 Å². The highest BCUT2D eigenvalue weighted by molar-refractivity contribution is 5.69. The number of ether oxygens (including phenoxy) is 5. The molecule has 15 nitrogen and oxygen atoms in total. The molecule has 2 aliphatic heterocycles. The molecule has 0 aromatic rings. The molecule has 6 aliphatic rings. The Bertz CT molecular complexity index is 1230. The van der Waals surface area contributed by atoms with Crippen LogP contribution in [0, 0.1) is 46.3 Å². The Labute approximate surface area is 305 Å². The number of aliphatic hydroxyl groups is 8. The van der Waals surface area contributed by atoms with Crippen LogP contribution in [0.3, 0.4) is 0 Å². The largest absolute Gasteiger partial charge is 0.469 e. The fourth-order valence-electron chi connectivity index (χ4n) is 11.8. The highest BCUT2D eigenvalue weighted by atomic mass is 16.7. The lowest BCUT2D eigenvalue weighted by molar-refractivity contribution is -0.346. The van der Waals surface area contributed by atoms with E-state index in [0.717, 1.165) is 32.1 Å². The predicted molar refractivity (Wildman–Crippen MR) is 182 cm³/mol. The molecule has 0 spiro atoms. The first-order chi connectivity index (χ1) is 24.6. The number of carbonyl (C=O) groups excluding carboxylic acids is 1. The number of fused-ring (bicyclic) bond motifs is 5. The fourth-order valence-corrected chi connectivity index (χ4v) is 11.8. The van der Waals surface area contributed by atoms with Crippen LogP contribution in [0.25, 0.3) is 0 Å². The monoisotopic (exact) mass is 745 g/mol. The van der Waals surface area contributed by atoms with E-state index in [4.69, 9.17) is 29.4 Å². The molecule has 0 amide bonds. The highest BCUT2D eigenvalue weighted by Gasteiger charge is 2.67. The summed E-state index contributed by atoms with van der Waals surface area (Å²) in [6.45, 7) is 5.47. The van der Waals surface area contributed by atoms with Crippen molar-refractivity contribution in [2.24, 2.45) is 52.1 Å². The number of nitrogens with two attached hydrogens (primary N) is 1. The zero-order valence-electron chi connectivity index (χ0n) is 30.9. The van der Waals surface area contributed by atoms with Crippen molar-refractivity contribution >= 4 is 5.97 Å². The molecule has 0 bridgehead atoms. The van der Waals surface area contributed by atoms with E-state index in [1.54, 1.807) is 0 Å². The second-order valence-corrected chi connectivity index (χ2v) is 17.3. The van der Waals surface area contributed by atoms with E-state index in [0.29, 0.717) is 19.3 Å². The summed E-state index contributed by atoms with van der Waals surface area (Å²) in [6, 6.07) is 0.00377. The Morgan fingerprint density at radius 1 is 0.808 bits per heavy atom. The number of aliphatic hydroxyl groups excluding tert-OH is 8. The molecule has 2 heterocycles. The number of hydrogen-bond donors (Lipinski definition) is 9. The van der Waals surface area contributed by atoms with Gasteiger partial charge in [-0.3, -0.25) is 4.79 Å². The van der Waals surface area contributed by atoms with Crippen molar-refractivity contribution in [1.29, 1.82) is 0 Å².